The second kappa shape index (κ2) is 16.2. The minimum atomic E-state index is -0.358. The number of likely N-dealkylation sites (N-methyl/N-ethyl adjacent to an activating group) is 1. The summed E-state index contributed by atoms with van der Waals surface area (Å²) in [5.74, 6) is -1.36. The summed E-state index contributed by atoms with van der Waals surface area (Å²) < 4.78 is 10.2. The summed E-state index contributed by atoms with van der Waals surface area (Å²) in [7, 11) is 4.73. The lowest BCUT2D eigenvalue weighted by Gasteiger charge is -2.21. The molecule has 0 aliphatic rings. The minimum Gasteiger partial charge on any atom is -0.466 e. The zero-order valence-corrected chi connectivity index (χ0v) is 20.9. The molecular weight excluding hydrogens is 456 g/mol. The fourth-order valence-corrected chi connectivity index (χ4v) is 2.86. The van der Waals surface area contributed by atoms with Gasteiger partial charge in [0.1, 0.15) is 6.42 Å². The number of carbonyl (C=O) groups is 5. The summed E-state index contributed by atoms with van der Waals surface area (Å²) in [6.07, 6.45) is 0.657. The fraction of sp³-hybridized carbons (Fsp3) is 0.542. The van der Waals surface area contributed by atoms with Crippen molar-refractivity contribution in [3.05, 3.63) is 29.8 Å². The molecule has 0 radical (unpaired) electrons. The van der Waals surface area contributed by atoms with Gasteiger partial charge < -0.3 is 29.9 Å². The quantitative estimate of drug-likeness (QED) is 0.204. The van der Waals surface area contributed by atoms with Gasteiger partial charge in [-0.05, 0) is 17.7 Å². The van der Waals surface area contributed by atoms with Crippen molar-refractivity contribution in [2.45, 2.75) is 32.6 Å². The molecule has 1 rings (SSSR count). The number of hydrogen-bond donors (Lipinski definition) is 2. The van der Waals surface area contributed by atoms with Crippen molar-refractivity contribution in [1.29, 1.82) is 0 Å². The van der Waals surface area contributed by atoms with Gasteiger partial charge in [-0.3, -0.25) is 24.0 Å². The van der Waals surface area contributed by atoms with Gasteiger partial charge in [0.05, 0.1) is 19.6 Å². The minimum absolute atomic E-state index is 0.145. The van der Waals surface area contributed by atoms with E-state index in [1.807, 2.05) is 0 Å². The number of amides is 4. The summed E-state index contributed by atoms with van der Waals surface area (Å²) in [5.41, 5.74) is 1.36. The van der Waals surface area contributed by atoms with Gasteiger partial charge in [0.2, 0.25) is 23.6 Å². The van der Waals surface area contributed by atoms with E-state index in [1.54, 1.807) is 38.4 Å². The van der Waals surface area contributed by atoms with E-state index in [4.69, 9.17) is 9.47 Å². The van der Waals surface area contributed by atoms with Crippen molar-refractivity contribution in [3.8, 4) is 0 Å². The van der Waals surface area contributed by atoms with E-state index < -0.39 is 0 Å². The van der Waals surface area contributed by atoms with Crippen LogP contribution in [0.3, 0.4) is 0 Å². The molecule has 0 saturated heterocycles. The predicted molar refractivity (Wildman–Crippen MR) is 130 cm³/mol. The average Bonchev–Trinajstić information content (AvgIpc) is 2.82. The van der Waals surface area contributed by atoms with E-state index in [2.05, 4.69) is 10.6 Å². The molecule has 11 heteroatoms. The first-order valence-electron chi connectivity index (χ1n) is 11.4. The maximum atomic E-state index is 12.5. The summed E-state index contributed by atoms with van der Waals surface area (Å²) in [5, 5.41) is 5.17. The number of ether oxygens (including phenoxy) is 2. The third kappa shape index (κ3) is 12.5. The second-order valence-electron chi connectivity index (χ2n) is 7.87. The number of nitrogens with zero attached hydrogens (tertiary/aromatic N) is 2. The Hall–Kier alpha value is -3.47. The van der Waals surface area contributed by atoms with E-state index in [0.29, 0.717) is 31.9 Å². The van der Waals surface area contributed by atoms with Gasteiger partial charge in [0.15, 0.2) is 0 Å². The molecule has 0 saturated carbocycles. The molecule has 2 N–H and O–H groups in total. The Morgan fingerprint density at radius 2 is 1.60 bits per heavy atom. The molecule has 0 unspecified atom stereocenters. The van der Waals surface area contributed by atoms with E-state index in [1.165, 1.54) is 23.8 Å². The Bertz CT molecular complexity index is 858. The number of nitrogens with one attached hydrogen (secondary N) is 2. The smallest absolute Gasteiger partial charge is 0.302 e. The molecule has 11 nitrogen and oxygen atoms in total. The van der Waals surface area contributed by atoms with Gasteiger partial charge in [0, 0.05) is 66.3 Å². The van der Waals surface area contributed by atoms with Crippen LogP contribution in [0, 0.1) is 0 Å². The molecule has 35 heavy (non-hydrogen) atoms. The number of rotatable bonds is 15. The molecule has 0 aliphatic heterocycles. The SMILES string of the molecule is CNC(=O)CCNC(=O)Cc1ccc(N(C)C(=O)CC(=O)N(C)CCOCCCOC(C)=O)cc1. The van der Waals surface area contributed by atoms with Crippen LogP contribution in [-0.2, 0) is 39.9 Å². The van der Waals surface area contributed by atoms with Crippen LogP contribution in [0.1, 0.15) is 31.7 Å². The van der Waals surface area contributed by atoms with Crippen LogP contribution in [0.15, 0.2) is 24.3 Å². The van der Waals surface area contributed by atoms with Crippen molar-refractivity contribution in [3.63, 3.8) is 0 Å². The van der Waals surface area contributed by atoms with E-state index in [-0.39, 0.29) is 62.0 Å². The van der Waals surface area contributed by atoms with Crippen LogP contribution >= 0.6 is 0 Å². The van der Waals surface area contributed by atoms with Crippen LogP contribution in [0.4, 0.5) is 5.69 Å². The molecule has 0 aliphatic carbocycles. The largest absolute Gasteiger partial charge is 0.466 e. The number of carbonyl (C=O) groups excluding carboxylic acids is 5. The van der Waals surface area contributed by atoms with Crippen molar-refractivity contribution >= 4 is 35.3 Å². The van der Waals surface area contributed by atoms with Crippen LogP contribution < -0.4 is 15.5 Å². The Kier molecular flexibility index (Phi) is 13.7. The summed E-state index contributed by atoms with van der Waals surface area (Å²) >= 11 is 0. The standard InChI is InChI=1S/C24H36N4O7/c1-18(29)35-14-5-13-34-15-12-27(3)23(32)17-24(33)28(4)20-8-6-19(7-9-20)16-22(31)26-11-10-21(30)25-2/h6-9H,5,10-17H2,1-4H3,(H,25,30)(H,26,31). The number of anilines is 1. The Morgan fingerprint density at radius 3 is 2.23 bits per heavy atom. The topological polar surface area (TPSA) is 134 Å². The third-order valence-electron chi connectivity index (χ3n) is 5.05. The van der Waals surface area contributed by atoms with Gasteiger partial charge in [-0.1, -0.05) is 12.1 Å². The van der Waals surface area contributed by atoms with Gasteiger partial charge in [-0.25, -0.2) is 0 Å². The van der Waals surface area contributed by atoms with Crippen LogP contribution in [0.2, 0.25) is 0 Å². The van der Waals surface area contributed by atoms with E-state index in [9.17, 15) is 24.0 Å². The second-order valence-corrected chi connectivity index (χ2v) is 7.87. The first-order chi connectivity index (χ1) is 16.6. The van der Waals surface area contributed by atoms with Crippen LogP contribution in [0.5, 0.6) is 0 Å². The van der Waals surface area contributed by atoms with E-state index >= 15 is 0 Å². The van der Waals surface area contributed by atoms with Crippen LogP contribution in [0.25, 0.3) is 0 Å². The Labute approximate surface area is 206 Å². The molecule has 0 fully saturated rings. The summed E-state index contributed by atoms with van der Waals surface area (Å²) in [6.45, 7) is 2.95. The zero-order chi connectivity index (χ0) is 26.2. The highest BCUT2D eigenvalue weighted by atomic mass is 16.5. The average molecular weight is 493 g/mol. The Balaban J connectivity index is 2.38. The predicted octanol–water partition coefficient (Wildman–Crippen LogP) is 0.263. The number of hydrogen-bond acceptors (Lipinski definition) is 7. The molecule has 0 atom stereocenters. The lowest BCUT2D eigenvalue weighted by molar-refractivity contribution is -0.141. The maximum Gasteiger partial charge on any atom is 0.302 e. The molecule has 4 amide bonds. The number of esters is 1. The molecule has 194 valence electrons. The lowest BCUT2D eigenvalue weighted by Crippen LogP contribution is -2.36. The molecule has 0 bridgehead atoms. The van der Waals surface area contributed by atoms with Crippen LogP contribution in [-0.4, -0.2) is 88.6 Å². The molecule has 1 aromatic carbocycles. The van der Waals surface area contributed by atoms with Crippen molar-refractivity contribution in [2.24, 2.45) is 0 Å². The molecule has 0 heterocycles. The molecule has 0 aromatic heterocycles. The number of benzene rings is 1. The lowest BCUT2D eigenvalue weighted by atomic mass is 10.1. The zero-order valence-electron chi connectivity index (χ0n) is 20.9. The van der Waals surface area contributed by atoms with Gasteiger partial charge in [-0.2, -0.15) is 0 Å². The fourth-order valence-electron chi connectivity index (χ4n) is 2.86. The maximum absolute atomic E-state index is 12.5. The van der Waals surface area contributed by atoms with Crippen molar-refractivity contribution < 1.29 is 33.4 Å². The van der Waals surface area contributed by atoms with Crippen molar-refractivity contribution in [2.75, 3.05) is 59.0 Å². The van der Waals surface area contributed by atoms with Gasteiger partial charge >= 0.3 is 5.97 Å². The van der Waals surface area contributed by atoms with Crippen molar-refractivity contribution in [1.82, 2.24) is 15.5 Å². The molecular formula is C24H36N4O7. The first kappa shape index (κ1) is 29.6. The Morgan fingerprint density at radius 1 is 0.914 bits per heavy atom. The van der Waals surface area contributed by atoms with E-state index in [0.717, 1.165) is 5.56 Å². The highest BCUT2D eigenvalue weighted by Crippen LogP contribution is 2.15. The normalized spacial score (nSPS) is 10.3. The first-order valence-corrected chi connectivity index (χ1v) is 11.4. The monoisotopic (exact) mass is 492 g/mol. The third-order valence-corrected chi connectivity index (χ3v) is 5.05. The highest BCUT2D eigenvalue weighted by molar-refractivity contribution is 6.04. The summed E-state index contributed by atoms with van der Waals surface area (Å²) in [4.78, 5) is 61.5. The van der Waals surface area contributed by atoms with Gasteiger partial charge in [-0.15, -0.1) is 0 Å². The summed E-state index contributed by atoms with van der Waals surface area (Å²) in [6, 6.07) is 6.90. The molecule has 1 aromatic rings. The van der Waals surface area contributed by atoms with Gasteiger partial charge in [0.25, 0.3) is 0 Å². The molecule has 0 spiro atoms. The highest BCUT2D eigenvalue weighted by Gasteiger charge is 2.18.